The number of nitrogens with zero attached hydrogens (tertiary/aromatic N) is 3. The molecule has 1 N–H and O–H groups in total. The van der Waals surface area contributed by atoms with Crippen LogP contribution in [0.3, 0.4) is 0 Å². The predicted molar refractivity (Wildman–Crippen MR) is 78.5 cm³/mol. The van der Waals surface area contributed by atoms with Crippen LogP contribution in [0.2, 0.25) is 0 Å². The molecule has 1 aromatic carbocycles. The Labute approximate surface area is 132 Å². The Morgan fingerprint density at radius 2 is 2.09 bits per heavy atom. The fraction of sp³-hybridized carbons (Fsp3) is 0.429. The van der Waals surface area contributed by atoms with Gasteiger partial charge in [-0.05, 0) is 19.1 Å². The van der Waals surface area contributed by atoms with Crippen molar-refractivity contribution in [3.05, 3.63) is 41.7 Å². The first kappa shape index (κ1) is 16.0. The molecule has 1 saturated heterocycles. The Morgan fingerprint density at radius 3 is 2.70 bits per heavy atom. The molecule has 3 rings (SSSR count). The van der Waals surface area contributed by atoms with E-state index in [1.54, 1.807) is 6.92 Å². The lowest BCUT2D eigenvalue weighted by atomic mass is 9.97. The van der Waals surface area contributed by atoms with Crippen LogP contribution in [0.15, 0.2) is 29.2 Å². The summed E-state index contributed by atoms with van der Waals surface area (Å²) in [6.07, 6.45) is 0. The summed E-state index contributed by atoms with van der Waals surface area (Å²) in [5.74, 6) is -0.857. The number of benzene rings is 1. The summed E-state index contributed by atoms with van der Waals surface area (Å²) >= 11 is 0. The lowest BCUT2D eigenvalue weighted by Crippen LogP contribution is -2.30. The third kappa shape index (κ3) is 2.86. The minimum Gasteiger partial charge on any atom is -0.263 e. The second-order valence-corrected chi connectivity index (χ2v) is 7.46. The molecule has 0 spiro atoms. The molecule has 6 nitrogen and oxygen atoms in total. The first-order valence-corrected chi connectivity index (χ1v) is 8.57. The van der Waals surface area contributed by atoms with Crippen LogP contribution in [-0.4, -0.2) is 47.7 Å². The van der Waals surface area contributed by atoms with E-state index in [0.717, 1.165) is 10.4 Å². The van der Waals surface area contributed by atoms with E-state index in [4.69, 9.17) is 0 Å². The topological polar surface area (TPSA) is 79.0 Å². The Hall–Kier alpha value is -1.87. The van der Waals surface area contributed by atoms with Gasteiger partial charge in [0.15, 0.2) is 5.82 Å². The highest BCUT2D eigenvalue weighted by molar-refractivity contribution is 7.89. The van der Waals surface area contributed by atoms with Crippen molar-refractivity contribution in [2.75, 3.05) is 19.8 Å². The number of aromatic nitrogens is 3. The largest absolute Gasteiger partial charge is 0.263 e. The molecule has 1 aromatic heterocycles. The molecule has 23 heavy (non-hydrogen) atoms. The molecule has 124 valence electrons. The number of aromatic amines is 1. The van der Waals surface area contributed by atoms with Gasteiger partial charge in [0.05, 0.1) is 6.67 Å². The maximum atomic E-state index is 13.8. The average molecular weight is 342 g/mol. The fourth-order valence-electron chi connectivity index (χ4n) is 2.80. The molecule has 2 unspecified atom stereocenters. The van der Waals surface area contributed by atoms with E-state index < -0.39 is 39.2 Å². The number of hydrogen-bond donors (Lipinski definition) is 1. The number of alkyl halides is 1. The third-order valence-corrected chi connectivity index (χ3v) is 5.87. The molecule has 0 saturated carbocycles. The zero-order valence-electron chi connectivity index (χ0n) is 12.4. The smallest absolute Gasteiger partial charge is 0.246 e. The summed E-state index contributed by atoms with van der Waals surface area (Å²) in [7, 11) is -4.02. The van der Waals surface area contributed by atoms with Crippen LogP contribution in [-0.2, 0) is 10.0 Å². The number of rotatable bonds is 4. The predicted octanol–water partition coefficient (Wildman–Crippen LogP) is 1.63. The Kier molecular flexibility index (Phi) is 4.15. The molecule has 0 amide bonds. The highest BCUT2D eigenvalue weighted by Gasteiger charge is 2.42. The van der Waals surface area contributed by atoms with Crippen molar-refractivity contribution in [2.24, 2.45) is 5.92 Å². The molecular weight excluding hydrogens is 326 g/mol. The van der Waals surface area contributed by atoms with Gasteiger partial charge in [-0.1, -0.05) is 12.1 Å². The van der Waals surface area contributed by atoms with Crippen LogP contribution < -0.4 is 0 Å². The van der Waals surface area contributed by atoms with Gasteiger partial charge in [-0.2, -0.15) is 9.40 Å². The van der Waals surface area contributed by atoms with Crippen LogP contribution in [0.25, 0.3) is 0 Å². The molecule has 2 aromatic rings. The van der Waals surface area contributed by atoms with Crippen molar-refractivity contribution in [1.82, 2.24) is 19.5 Å². The van der Waals surface area contributed by atoms with E-state index in [2.05, 4.69) is 15.2 Å². The molecule has 1 fully saturated rings. The highest BCUT2D eigenvalue weighted by atomic mass is 32.2. The molecular formula is C14H16F2N4O2S. The van der Waals surface area contributed by atoms with E-state index in [-0.39, 0.29) is 13.1 Å². The minimum atomic E-state index is -4.02. The van der Waals surface area contributed by atoms with Gasteiger partial charge in [0.25, 0.3) is 0 Å². The molecule has 1 aliphatic rings. The number of nitrogens with one attached hydrogen (secondary N) is 1. The lowest BCUT2D eigenvalue weighted by Gasteiger charge is -2.16. The summed E-state index contributed by atoms with van der Waals surface area (Å²) in [6, 6.07) is 5.17. The van der Waals surface area contributed by atoms with Gasteiger partial charge in [0.2, 0.25) is 10.0 Å². The van der Waals surface area contributed by atoms with Crippen LogP contribution in [0.1, 0.15) is 17.6 Å². The van der Waals surface area contributed by atoms with Crippen molar-refractivity contribution >= 4 is 10.0 Å². The molecule has 0 bridgehead atoms. The Bertz CT molecular complexity index is 809. The fourth-order valence-corrected chi connectivity index (χ4v) is 4.38. The zero-order valence-corrected chi connectivity index (χ0v) is 13.2. The van der Waals surface area contributed by atoms with Crippen LogP contribution in [0, 0.1) is 18.7 Å². The van der Waals surface area contributed by atoms with Crippen LogP contribution >= 0.6 is 0 Å². The molecule has 0 aliphatic carbocycles. The molecule has 9 heteroatoms. The zero-order chi connectivity index (χ0) is 16.6. The minimum absolute atomic E-state index is 0.0224. The first-order valence-electron chi connectivity index (χ1n) is 7.13. The van der Waals surface area contributed by atoms with Gasteiger partial charge in [0.1, 0.15) is 16.5 Å². The van der Waals surface area contributed by atoms with Crippen molar-refractivity contribution in [3.8, 4) is 0 Å². The quantitative estimate of drug-likeness (QED) is 0.916. The maximum absolute atomic E-state index is 13.8. The van der Waals surface area contributed by atoms with E-state index >= 15 is 0 Å². The number of hydrogen-bond acceptors (Lipinski definition) is 4. The molecule has 2 atom stereocenters. The molecule has 1 aliphatic heterocycles. The normalized spacial score (nSPS) is 22.6. The highest BCUT2D eigenvalue weighted by Crippen LogP contribution is 2.34. The maximum Gasteiger partial charge on any atom is 0.246 e. The third-order valence-electron chi connectivity index (χ3n) is 4.01. The average Bonchev–Trinajstić information content (AvgIpc) is 3.13. The monoisotopic (exact) mass is 342 g/mol. The van der Waals surface area contributed by atoms with E-state index in [9.17, 15) is 17.2 Å². The molecule has 2 heterocycles. The first-order chi connectivity index (χ1) is 10.9. The number of aryl methyl sites for hydroxylation is 1. The van der Waals surface area contributed by atoms with Crippen molar-refractivity contribution in [1.29, 1.82) is 0 Å². The standard InChI is InChI=1S/C14H16F2N4O2S/c1-9-17-14(19-18-9)11-8-20(7-10(11)6-15)23(21,22)13-5-3-2-4-12(13)16/h2-5,10-11H,6-8H2,1H3,(H,17,18,19). The van der Waals surface area contributed by atoms with Gasteiger partial charge in [-0.3, -0.25) is 9.49 Å². The van der Waals surface area contributed by atoms with Crippen LogP contribution in [0.5, 0.6) is 0 Å². The van der Waals surface area contributed by atoms with Crippen molar-refractivity contribution in [2.45, 2.75) is 17.7 Å². The summed E-state index contributed by atoms with van der Waals surface area (Å²) in [5.41, 5.74) is 0. The van der Waals surface area contributed by atoms with E-state index in [1.807, 2.05) is 0 Å². The lowest BCUT2D eigenvalue weighted by molar-refractivity contribution is 0.345. The number of halogens is 2. The summed E-state index contributed by atoms with van der Waals surface area (Å²) in [4.78, 5) is 3.77. The van der Waals surface area contributed by atoms with Gasteiger partial charge in [-0.25, -0.2) is 17.8 Å². The van der Waals surface area contributed by atoms with E-state index in [0.29, 0.717) is 11.6 Å². The second kappa shape index (κ2) is 5.97. The number of H-pyrrole nitrogens is 1. The Balaban J connectivity index is 1.92. The summed E-state index contributed by atoms with van der Waals surface area (Å²) in [6.45, 7) is 1.03. The summed E-state index contributed by atoms with van der Waals surface area (Å²) in [5, 5.41) is 6.68. The van der Waals surface area contributed by atoms with Gasteiger partial charge < -0.3 is 0 Å². The Morgan fingerprint density at radius 1 is 1.35 bits per heavy atom. The molecule has 0 radical (unpaired) electrons. The second-order valence-electron chi connectivity index (χ2n) is 5.55. The van der Waals surface area contributed by atoms with Crippen molar-refractivity contribution in [3.63, 3.8) is 0 Å². The SMILES string of the molecule is Cc1nc(C2CN(S(=O)(=O)c3ccccc3F)CC2CF)n[nH]1. The van der Waals surface area contributed by atoms with Gasteiger partial charge in [-0.15, -0.1) is 0 Å². The summed E-state index contributed by atoms with van der Waals surface area (Å²) < 4.78 is 53.5. The van der Waals surface area contributed by atoms with Gasteiger partial charge in [0, 0.05) is 24.9 Å². The van der Waals surface area contributed by atoms with Crippen LogP contribution in [0.4, 0.5) is 8.78 Å². The van der Waals surface area contributed by atoms with Gasteiger partial charge >= 0.3 is 0 Å². The van der Waals surface area contributed by atoms with E-state index in [1.165, 1.54) is 18.2 Å². The van der Waals surface area contributed by atoms with Crippen molar-refractivity contribution < 1.29 is 17.2 Å². The number of sulfonamides is 1.